The number of piperazine rings is 1. The van der Waals surface area contributed by atoms with Gasteiger partial charge in [-0.15, -0.1) is 0 Å². The van der Waals surface area contributed by atoms with Gasteiger partial charge in [-0.3, -0.25) is 14.6 Å². The maximum absolute atomic E-state index is 14.0. The van der Waals surface area contributed by atoms with Gasteiger partial charge < -0.3 is 15.5 Å². The highest BCUT2D eigenvalue weighted by atomic mass is 19.1. The van der Waals surface area contributed by atoms with Crippen LogP contribution in [0.4, 0.5) is 10.1 Å². The molecule has 0 saturated carbocycles. The lowest BCUT2D eigenvalue weighted by Gasteiger charge is -2.36. The number of benzene rings is 1. The van der Waals surface area contributed by atoms with Gasteiger partial charge in [-0.05, 0) is 44.5 Å². The Morgan fingerprint density at radius 3 is 2.63 bits per heavy atom. The lowest BCUT2D eigenvalue weighted by Crippen LogP contribution is -2.47. The molecule has 3 rings (SSSR count). The van der Waals surface area contributed by atoms with Crippen molar-refractivity contribution in [1.82, 2.24) is 25.3 Å². The normalized spacial score (nSPS) is 15.4. The zero-order chi connectivity index (χ0) is 21.0. The van der Waals surface area contributed by atoms with Gasteiger partial charge in [0, 0.05) is 64.8 Å². The second-order valence-electron chi connectivity index (χ2n) is 7.44. The van der Waals surface area contributed by atoms with E-state index in [0.29, 0.717) is 0 Å². The van der Waals surface area contributed by atoms with Crippen LogP contribution in [0, 0.1) is 5.82 Å². The van der Waals surface area contributed by atoms with E-state index >= 15 is 0 Å². The van der Waals surface area contributed by atoms with Crippen LogP contribution in [0.25, 0.3) is 0 Å². The quantitative estimate of drug-likeness (QED) is 0.354. The fraction of sp³-hybridized carbons (Fsp3) is 0.545. The molecule has 0 bridgehead atoms. The van der Waals surface area contributed by atoms with Crippen molar-refractivity contribution in [2.45, 2.75) is 26.3 Å². The maximum atomic E-state index is 14.0. The Hall–Kier alpha value is -2.61. The zero-order valence-electron chi connectivity index (χ0n) is 17.9. The standard InChI is InChI=1S/C22H34FN7/c1-2-24-22(26-11-6-14-30-15-7-12-27-30)25-10-5-13-28-16-18-29(19-17-28)21-9-4-3-8-20(21)23/h3-4,7-9,12,15H,2,5-6,10-11,13-14,16-19H2,1H3,(H2,24,25,26). The fourth-order valence-corrected chi connectivity index (χ4v) is 3.63. The fourth-order valence-electron chi connectivity index (χ4n) is 3.63. The van der Waals surface area contributed by atoms with E-state index in [4.69, 9.17) is 0 Å². The molecule has 7 nitrogen and oxygen atoms in total. The number of anilines is 1. The molecule has 2 N–H and O–H groups in total. The summed E-state index contributed by atoms with van der Waals surface area (Å²) in [4.78, 5) is 9.24. The second kappa shape index (κ2) is 12.2. The number of nitrogens with zero attached hydrogens (tertiary/aromatic N) is 5. The maximum Gasteiger partial charge on any atom is 0.191 e. The van der Waals surface area contributed by atoms with Crippen molar-refractivity contribution in [2.75, 3.05) is 57.3 Å². The molecule has 0 aliphatic carbocycles. The molecule has 30 heavy (non-hydrogen) atoms. The molecular formula is C22H34FN7. The largest absolute Gasteiger partial charge is 0.367 e. The number of hydrogen-bond acceptors (Lipinski definition) is 4. The number of aryl methyl sites for hydroxylation is 1. The molecule has 1 aromatic carbocycles. The molecule has 2 heterocycles. The van der Waals surface area contributed by atoms with Gasteiger partial charge in [0.05, 0.1) is 5.69 Å². The zero-order valence-corrected chi connectivity index (χ0v) is 17.9. The van der Waals surface area contributed by atoms with Gasteiger partial charge in [-0.2, -0.15) is 5.10 Å². The summed E-state index contributed by atoms with van der Waals surface area (Å²) in [6, 6.07) is 8.98. The minimum absolute atomic E-state index is 0.130. The van der Waals surface area contributed by atoms with Crippen LogP contribution in [0.2, 0.25) is 0 Å². The summed E-state index contributed by atoms with van der Waals surface area (Å²) in [6.07, 6.45) is 5.79. The minimum atomic E-state index is -0.130. The Bertz CT molecular complexity index is 755. The second-order valence-corrected chi connectivity index (χ2v) is 7.44. The summed E-state index contributed by atoms with van der Waals surface area (Å²) in [5.41, 5.74) is 0.720. The van der Waals surface area contributed by atoms with E-state index in [0.717, 1.165) is 83.4 Å². The molecular weight excluding hydrogens is 381 g/mol. The van der Waals surface area contributed by atoms with Crippen LogP contribution >= 0.6 is 0 Å². The molecule has 1 aromatic heterocycles. The summed E-state index contributed by atoms with van der Waals surface area (Å²) < 4.78 is 15.9. The van der Waals surface area contributed by atoms with E-state index in [2.05, 4.69) is 37.4 Å². The SMILES string of the molecule is CCNC(=NCCCn1cccn1)NCCCN1CCN(c2ccccc2F)CC1. The van der Waals surface area contributed by atoms with Gasteiger partial charge in [0.2, 0.25) is 0 Å². The van der Waals surface area contributed by atoms with Crippen molar-refractivity contribution in [3.8, 4) is 0 Å². The van der Waals surface area contributed by atoms with E-state index in [1.807, 2.05) is 29.1 Å². The molecule has 1 aliphatic rings. The summed E-state index contributed by atoms with van der Waals surface area (Å²) in [5.74, 6) is 0.748. The number of hydrogen-bond donors (Lipinski definition) is 2. The van der Waals surface area contributed by atoms with E-state index in [1.54, 1.807) is 12.3 Å². The topological polar surface area (TPSA) is 60.7 Å². The van der Waals surface area contributed by atoms with Crippen LogP contribution in [0.15, 0.2) is 47.7 Å². The first kappa shape index (κ1) is 22.1. The molecule has 1 saturated heterocycles. The van der Waals surface area contributed by atoms with Gasteiger partial charge in [0.1, 0.15) is 5.82 Å². The van der Waals surface area contributed by atoms with Crippen LogP contribution in [0.1, 0.15) is 19.8 Å². The Morgan fingerprint density at radius 1 is 1.07 bits per heavy atom. The molecule has 0 atom stereocenters. The van der Waals surface area contributed by atoms with E-state index in [1.165, 1.54) is 6.07 Å². The predicted octanol–water partition coefficient (Wildman–Crippen LogP) is 2.18. The van der Waals surface area contributed by atoms with Gasteiger partial charge in [-0.25, -0.2) is 4.39 Å². The van der Waals surface area contributed by atoms with Crippen molar-refractivity contribution < 1.29 is 4.39 Å². The molecule has 2 aromatic rings. The molecule has 1 fully saturated rings. The Kier molecular flexibility index (Phi) is 8.96. The third-order valence-corrected chi connectivity index (χ3v) is 5.23. The minimum Gasteiger partial charge on any atom is -0.367 e. The van der Waals surface area contributed by atoms with Crippen molar-refractivity contribution in [2.24, 2.45) is 4.99 Å². The Labute approximate surface area is 179 Å². The number of rotatable bonds is 10. The Morgan fingerprint density at radius 2 is 1.90 bits per heavy atom. The molecule has 164 valence electrons. The van der Waals surface area contributed by atoms with Crippen LogP contribution in [0.5, 0.6) is 0 Å². The van der Waals surface area contributed by atoms with Crippen molar-refractivity contribution >= 4 is 11.6 Å². The number of para-hydroxylation sites is 1. The lowest BCUT2D eigenvalue weighted by molar-refractivity contribution is 0.254. The first-order valence-electron chi connectivity index (χ1n) is 11.0. The highest BCUT2D eigenvalue weighted by Crippen LogP contribution is 2.20. The molecule has 0 unspecified atom stereocenters. The van der Waals surface area contributed by atoms with Crippen molar-refractivity contribution in [1.29, 1.82) is 0 Å². The van der Waals surface area contributed by atoms with Crippen LogP contribution in [-0.2, 0) is 6.54 Å². The third kappa shape index (κ3) is 7.02. The number of aromatic nitrogens is 2. The molecule has 8 heteroatoms. The summed E-state index contributed by atoms with van der Waals surface area (Å²) in [7, 11) is 0. The predicted molar refractivity (Wildman–Crippen MR) is 120 cm³/mol. The van der Waals surface area contributed by atoms with Crippen LogP contribution in [-0.4, -0.2) is 73.0 Å². The molecule has 0 spiro atoms. The van der Waals surface area contributed by atoms with Crippen molar-refractivity contribution in [3.63, 3.8) is 0 Å². The third-order valence-electron chi connectivity index (χ3n) is 5.23. The lowest BCUT2D eigenvalue weighted by atomic mass is 10.2. The smallest absolute Gasteiger partial charge is 0.191 e. The molecule has 1 aliphatic heterocycles. The molecule has 0 amide bonds. The Balaban J connectivity index is 1.31. The van der Waals surface area contributed by atoms with E-state index in [9.17, 15) is 4.39 Å². The monoisotopic (exact) mass is 415 g/mol. The van der Waals surface area contributed by atoms with E-state index < -0.39 is 0 Å². The summed E-state index contributed by atoms with van der Waals surface area (Å²) in [5, 5.41) is 10.9. The van der Waals surface area contributed by atoms with E-state index in [-0.39, 0.29) is 5.82 Å². The highest BCUT2D eigenvalue weighted by Gasteiger charge is 2.18. The summed E-state index contributed by atoms with van der Waals surface area (Å²) in [6.45, 7) is 10.2. The van der Waals surface area contributed by atoms with Crippen molar-refractivity contribution in [3.05, 3.63) is 48.5 Å². The number of nitrogens with one attached hydrogen (secondary N) is 2. The number of guanidine groups is 1. The average Bonchev–Trinajstić information content (AvgIpc) is 3.28. The average molecular weight is 416 g/mol. The van der Waals surface area contributed by atoms with Gasteiger partial charge in [-0.1, -0.05) is 12.1 Å². The van der Waals surface area contributed by atoms with Gasteiger partial charge in [0.15, 0.2) is 5.96 Å². The van der Waals surface area contributed by atoms with Crippen LogP contribution in [0.3, 0.4) is 0 Å². The van der Waals surface area contributed by atoms with Gasteiger partial charge in [0.25, 0.3) is 0 Å². The first-order valence-corrected chi connectivity index (χ1v) is 11.0. The number of halogens is 1. The highest BCUT2D eigenvalue weighted by molar-refractivity contribution is 5.79. The first-order chi connectivity index (χ1) is 14.8. The number of aliphatic imine (C=N–C) groups is 1. The summed E-state index contributed by atoms with van der Waals surface area (Å²) >= 11 is 0. The van der Waals surface area contributed by atoms with Gasteiger partial charge >= 0.3 is 0 Å². The molecule has 0 radical (unpaired) electrons. The van der Waals surface area contributed by atoms with Crippen LogP contribution < -0.4 is 15.5 Å².